The molecule has 2 aromatic heterocycles. The van der Waals surface area contributed by atoms with Crippen molar-refractivity contribution in [2.75, 3.05) is 6.61 Å². The molecule has 0 radical (unpaired) electrons. The van der Waals surface area contributed by atoms with Gasteiger partial charge in [-0.1, -0.05) is 65.9 Å². The minimum atomic E-state index is -0.703. The maximum atomic E-state index is 14.3. The number of benzene rings is 4. The molecule has 0 N–H and O–H groups in total. The van der Waals surface area contributed by atoms with E-state index in [1.54, 1.807) is 30.5 Å². The lowest BCUT2D eigenvalue weighted by atomic mass is 9.91. The second kappa shape index (κ2) is 12.6. The van der Waals surface area contributed by atoms with Crippen LogP contribution in [0.2, 0.25) is 0 Å². The topological polar surface area (TPSA) is 109 Å². The van der Waals surface area contributed by atoms with Gasteiger partial charge in [-0.25, -0.2) is 9.79 Å². The number of ether oxygens (including phenoxy) is 1. The lowest BCUT2D eigenvalue weighted by Crippen LogP contribution is -2.40. The molecule has 0 bridgehead atoms. The summed E-state index contributed by atoms with van der Waals surface area (Å²) in [6, 6.07) is 29.7. The van der Waals surface area contributed by atoms with Gasteiger partial charge in [0.05, 0.1) is 33.4 Å². The SMILES string of the molecule is CCOC(=O)C1=C(C)N=c2s/c(=C/c3cc(C)n(-c4ccc(-c5ccc([N+](=O)[O-])cc5)cc4)c3C)c(=O)n2[C@H]1c1cccc2ccccc12. The molecular weight excluding hydrogens is 637 g/mol. The Kier molecular flexibility index (Phi) is 8.17. The maximum Gasteiger partial charge on any atom is 0.338 e. The number of carbonyl (C=O) groups is 1. The van der Waals surface area contributed by atoms with E-state index in [9.17, 15) is 19.7 Å². The van der Waals surface area contributed by atoms with Gasteiger partial charge in [-0.05, 0) is 97.1 Å². The second-order valence-corrected chi connectivity index (χ2v) is 12.9. The molecule has 3 heterocycles. The maximum absolute atomic E-state index is 14.3. The van der Waals surface area contributed by atoms with Gasteiger partial charge in [-0.2, -0.15) is 0 Å². The molecule has 0 amide bonds. The third-order valence-corrected chi connectivity index (χ3v) is 9.91. The van der Waals surface area contributed by atoms with E-state index in [0.29, 0.717) is 20.6 Å². The molecule has 0 unspecified atom stereocenters. The van der Waals surface area contributed by atoms with Gasteiger partial charge in [0, 0.05) is 29.2 Å². The predicted octanol–water partition coefficient (Wildman–Crippen LogP) is 6.93. The number of fused-ring (bicyclic) bond motifs is 2. The number of esters is 1. The van der Waals surface area contributed by atoms with Gasteiger partial charge >= 0.3 is 5.97 Å². The minimum absolute atomic E-state index is 0.0533. The summed E-state index contributed by atoms with van der Waals surface area (Å²) in [5, 5.41) is 13.0. The van der Waals surface area contributed by atoms with Crippen LogP contribution in [0.25, 0.3) is 33.7 Å². The Morgan fingerprint density at radius 3 is 2.33 bits per heavy atom. The number of aromatic nitrogens is 2. The Morgan fingerprint density at radius 1 is 0.959 bits per heavy atom. The van der Waals surface area contributed by atoms with Crippen LogP contribution in [0.5, 0.6) is 0 Å². The standard InChI is InChI=1S/C39H32N4O5S/c1-5-48-38(45)35-24(3)40-39-42(36(35)33-12-8-10-28-9-6-7-11-32(28)33)37(44)34(49-39)22-29-21-23(2)41(25(29)4)30-17-13-26(14-18-30)27-15-19-31(20-16-27)43(46)47/h6-22,36H,5H2,1-4H3/b34-22+/t36-/m0/s1. The number of non-ortho nitro benzene ring substituents is 1. The van der Waals surface area contributed by atoms with Crippen LogP contribution in [-0.2, 0) is 9.53 Å². The van der Waals surface area contributed by atoms with Crippen LogP contribution in [-0.4, -0.2) is 26.6 Å². The average Bonchev–Trinajstić information content (AvgIpc) is 3.56. The minimum Gasteiger partial charge on any atom is -0.463 e. The monoisotopic (exact) mass is 668 g/mol. The number of rotatable bonds is 7. The summed E-state index contributed by atoms with van der Waals surface area (Å²) in [5.41, 5.74) is 7.17. The highest BCUT2D eigenvalue weighted by Crippen LogP contribution is 2.35. The third-order valence-electron chi connectivity index (χ3n) is 8.93. The summed E-state index contributed by atoms with van der Waals surface area (Å²) in [6.07, 6.45) is 1.90. The predicted molar refractivity (Wildman–Crippen MR) is 192 cm³/mol. The molecule has 244 valence electrons. The first-order valence-corrected chi connectivity index (χ1v) is 16.7. The molecule has 9 nitrogen and oxygen atoms in total. The molecule has 0 saturated heterocycles. The number of nitro groups is 1. The van der Waals surface area contributed by atoms with Crippen molar-refractivity contribution in [3.63, 3.8) is 0 Å². The molecule has 10 heteroatoms. The molecule has 6 aromatic rings. The van der Waals surface area contributed by atoms with Crippen LogP contribution in [0.1, 0.15) is 42.4 Å². The van der Waals surface area contributed by atoms with Gasteiger partial charge in [-0.15, -0.1) is 0 Å². The molecule has 4 aromatic carbocycles. The van der Waals surface area contributed by atoms with Crippen LogP contribution in [0.4, 0.5) is 5.69 Å². The third kappa shape index (κ3) is 5.59. The fraction of sp³-hybridized carbons (Fsp3) is 0.154. The van der Waals surface area contributed by atoms with E-state index < -0.39 is 16.9 Å². The highest BCUT2D eigenvalue weighted by atomic mass is 32.1. The number of nitrogens with zero attached hydrogens (tertiary/aromatic N) is 4. The molecule has 0 saturated carbocycles. The Labute approximate surface area is 285 Å². The van der Waals surface area contributed by atoms with Crippen LogP contribution >= 0.6 is 11.3 Å². The largest absolute Gasteiger partial charge is 0.463 e. The number of carbonyl (C=O) groups excluding carboxylic acids is 1. The first-order valence-electron chi connectivity index (χ1n) is 15.9. The molecule has 7 rings (SSSR count). The molecule has 1 aliphatic rings. The Morgan fingerprint density at radius 2 is 1.63 bits per heavy atom. The molecule has 49 heavy (non-hydrogen) atoms. The van der Waals surface area contributed by atoms with Crippen LogP contribution in [0, 0.1) is 24.0 Å². The van der Waals surface area contributed by atoms with Gasteiger partial charge in [-0.3, -0.25) is 19.5 Å². The van der Waals surface area contributed by atoms with Crippen molar-refractivity contribution in [3.05, 3.63) is 161 Å². The van der Waals surface area contributed by atoms with E-state index in [2.05, 4.69) is 10.6 Å². The van der Waals surface area contributed by atoms with Crippen molar-refractivity contribution in [2.24, 2.45) is 4.99 Å². The fourth-order valence-corrected chi connectivity index (χ4v) is 7.66. The number of thiazole rings is 1. The lowest BCUT2D eigenvalue weighted by molar-refractivity contribution is -0.384. The van der Waals surface area contributed by atoms with Gasteiger partial charge in [0.25, 0.3) is 11.2 Å². The quantitative estimate of drug-likeness (QED) is 0.104. The highest BCUT2D eigenvalue weighted by Gasteiger charge is 2.34. The molecule has 0 aliphatic carbocycles. The van der Waals surface area contributed by atoms with E-state index in [0.717, 1.165) is 50.1 Å². The van der Waals surface area contributed by atoms with E-state index >= 15 is 0 Å². The van der Waals surface area contributed by atoms with Gasteiger partial charge in [0.1, 0.15) is 0 Å². The zero-order chi connectivity index (χ0) is 34.4. The summed E-state index contributed by atoms with van der Waals surface area (Å²) < 4.78 is 9.76. The zero-order valence-electron chi connectivity index (χ0n) is 27.3. The summed E-state index contributed by atoms with van der Waals surface area (Å²) in [4.78, 5) is 43.7. The van der Waals surface area contributed by atoms with Crippen molar-refractivity contribution in [2.45, 2.75) is 33.7 Å². The van der Waals surface area contributed by atoms with Crippen LogP contribution in [0.3, 0.4) is 0 Å². The van der Waals surface area contributed by atoms with Crippen LogP contribution < -0.4 is 14.9 Å². The van der Waals surface area contributed by atoms with Gasteiger partial charge < -0.3 is 9.30 Å². The second-order valence-electron chi connectivity index (χ2n) is 11.9. The van der Waals surface area contributed by atoms with Gasteiger partial charge in [0.2, 0.25) is 0 Å². The molecule has 0 spiro atoms. The number of hydrogen-bond donors (Lipinski definition) is 0. The number of hydrogen-bond acceptors (Lipinski definition) is 7. The number of nitro benzene ring substituents is 1. The summed E-state index contributed by atoms with van der Waals surface area (Å²) in [7, 11) is 0. The van der Waals surface area contributed by atoms with E-state index in [-0.39, 0.29) is 17.9 Å². The van der Waals surface area contributed by atoms with Gasteiger partial charge in [0.15, 0.2) is 4.80 Å². The zero-order valence-corrected chi connectivity index (χ0v) is 28.2. The van der Waals surface area contributed by atoms with Crippen molar-refractivity contribution in [1.29, 1.82) is 0 Å². The fourth-order valence-electron chi connectivity index (χ4n) is 6.63. The Bertz CT molecular complexity index is 2500. The Balaban J connectivity index is 1.31. The number of aryl methyl sites for hydroxylation is 1. The summed E-state index contributed by atoms with van der Waals surface area (Å²) in [5.74, 6) is -0.487. The summed E-state index contributed by atoms with van der Waals surface area (Å²) >= 11 is 1.30. The Hall–Kier alpha value is -5.87. The van der Waals surface area contributed by atoms with Crippen molar-refractivity contribution in [3.8, 4) is 16.8 Å². The first-order chi connectivity index (χ1) is 23.7. The molecular formula is C39H32N4O5S. The van der Waals surface area contributed by atoms with E-state index in [1.165, 1.54) is 23.5 Å². The average molecular weight is 669 g/mol. The first kappa shape index (κ1) is 31.7. The molecule has 1 atom stereocenters. The normalized spacial score (nSPS) is 14.5. The summed E-state index contributed by atoms with van der Waals surface area (Å²) in [6.45, 7) is 7.80. The van der Waals surface area contributed by atoms with Crippen molar-refractivity contribution in [1.82, 2.24) is 9.13 Å². The number of allylic oxidation sites excluding steroid dienone is 1. The molecule has 1 aliphatic heterocycles. The van der Waals surface area contributed by atoms with E-state index in [1.807, 2.05) is 86.7 Å². The van der Waals surface area contributed by atoms with E-state index in [4.69, 9.17) is 9.73 Å². The lowest BCUT2D eigenvalue weighted by Gasteiger charge is -2.25. The highest BCUT2D eigenvalue weighted by molar-refractivity contribution is 7.07. The smallest absolute Gasteiger partial charge is 0.338 e. The van der Waals surface area contributed by atoms with Crippen molar-refractivity contribution < 1.29 is 14.5 Å². The van der Waals surface area contributed by atoms with Crippen LogP contribution in [0.15, 0.2) is 118 Å². The molecule has 0 fully saturated rings. The van der Waals surface area contributed by atoms with Crippen molar-refractivity contribution >= 4 is 39.8 Å².